The van der Waals surface area contributed by atoms with Gasteiger partial charge in [-0.3, -0.25) is 4.79 Å². The second kappa shape index (κ2) is 6.20. The Kier molecular flexibility index (Phi) is 4.60. The smallest absolute Gasteiger partial charge is 0.150 e. The van der Waals surface area contributed by atoms with Crippen LogP contribution in [0.4, 0.5) is 0 Å². The van der Waals surface area contributed by atoms with Gasteiger partial charge >= 0.3 is 0 Å². The number of benzene rings is 1. The van der Waals surface area contributed by atoms with Gasteiger partial charge in [-0.2, -0.15) is 0 Å². The largest absolute Gasteiger partial charge is 0.489 e. The number of hydrogen-bond acceptors (Lipinski definition) is 2. The average molecular weight is 297 g/mol. The molecule has 2 nitrogen and oxygen atoms in total. The number of rotatable bonds is 3. The van der Waals surface area contributed by atoms with Crippen molar-refractivity contribution in [1.29, 1.82) is 0 Å². The van der Waals surface area contributed by atoms with Crippen LogP contribution in [0.3, 0.4) is 0 Å². The maximum Gasteiger partial charge on any atom is 0.150 e. The Morgan fingerprint density at radius 3 is 2.47 bits per heavy atom. The zero-order chi connectivity index (χ0) is 12.1. The molecule has 17 heavy (non-hydrogen) atoms. The SMILES string of the molecule is O=Cc1ccc(OC2CCCCCC2)c(Br)c1. The van der Waals surface area contributed by atoms with Crippen LogP contribution >= 0.6 is 15.9 Å². The van der Waals surface area contributed by atoms with Gasteiger partial charge in [-0.25, -0.2) is 0 Å². The molecule has 0 aliphatic heterocycles. The summed E-state index contributed by atoms with van der Waals surface area (Å²) < 4.78 is 6.87. The van der Waals surface area contributed by atoms with Crippen LogP contribution in [0.25, 0.3) is 0 Å². The maximum atomic E-state index is 10.6. The summed E-state index contributed by atoms with van der Waals surface area (Å²) in [7, 11) is 0. The number of halogens is 1. The second-order valence-corrected chi connectivity index (χ2v) is 5.39. The van der Waals surface area contributed by atoms with E-state index in [1.807, 2.05) is 6.07 Å². The third kappa shape index (κ3) is 3.56. The van der Waals surface area contributed by atoms with Crippen molar-refractivity contribution in [1.82, 2.24) is 0 Å². The number of carbonyl (C=O) groups is 1. The molecule has 2 rings (SSSR count). The highest BCUT2D eigenvalue weighted by atomic mass is 79.9. The number of aldehydes is 1. The molecule has 1 saturated carbocycles. The fourth-order valence-electron chi connectivity index (χ4n) is 2.23. The molecule has 0 atom stereocenters. The van der Waals surface area contributed by atoms with E-state index < -0.39 is 0 Å². The highest BCUT2D eigenvalue weighted by Gasteiger charge is 2.15. The van der Waals surface area contributed by atoms with Gasteiger partial charge in [0.2, 0.25) is 0 Å². The fraction of sp³-hybridized carbons (Fsp3) is 0.500. The van der Waals surface area contributed by atoms with Crippen LogP contribution in [0.5, 0.6) is 5.75 Å². The zero-order valence-corrected chi connectivity index (χ0v) is 11.4. The lowest BCUT2D eigenvalue weighted by molar-refractivity contribution is 0.112. The van der Waals surface area contributed by atoms with E-state index in [1.54, 1.807) is 12.1 Å². The fourth-order valence-corrected chi connectivity index (χ4v) is 2.72. The van der Waals surface area contributed by atoms with Crippen LogP contribution in [0.2, 0.25) is 0 Å². The molecule has 0 radical (unpaired) electrons. The summed E-state index contributed by atoms with van der Waals surface area (Å²) in [6.45, 7) is 0. The molecule has 0 spiro atoms. The Labute approximate surface area is 110 Å². The summed E-state index contributed by atoms with van der Waals surface area (Å²) in [5.41, 5.74) is 0.671. The predicted molar refractivity (Wildman–Crippen MR) is 71.6 cm³/mol. The third-order valence-corrected chi connectivity index (χ3v) is 3.81. The van der Waals surface area contributed by atoms with Gasteiger partial charge in [-0.05, 0) is 59.8 Å². The van der Waals surface area contributed by atoms with Gasteiger partial charge in [-0.15, -0.1) is 0 Å². The number of carbonyl (C=O) groups excluding carboxylic acids is 1. The Hall–Kier alpha value is -0.830. The van der Waals surface area contributed by atoms with E-state index in [1.165, 1.54) is 25.7 Å². The highest BCUT2D eigenvalue weighted by Crippen LogP contribution is 2.29. The summed E-state index contributed by atoms with van der Waals surface area (Å²) >= 11 is 3.45. The molecule has 1 aromatic carbocycles. The Morgan fingerprint density at radius 2 is 1.88 bits per heavy atom. The van der Waals surface area contributed by atoms with E-state index in [4.69, 9.17) is 4.74 Å². The van der Waals surface area contributed by atoms with Gasteiger partial charge in [0.15, 0.2) is 0 Å². The quantitative estimate of drug-likeness (QED) is 0.612. The summed E-state index contributed by atoms with van der Waals surface area (Å²) in [6.07, 6.45) is 8.62. The molecule has 0 bridgehead atoms. The molecule has 3 heteroatoms. The minimum absolute atomic E-state index is 0.330. The molecule has 92 valence electrons. The van der Waals surface area contributed by atoms with Gasteiger partial charge < -0.3 is 4.74 Å². The van der Waals surface area contributed by atoms with Crippen LogP contribution in [0.1, 0.15) is 48.9 Å². The maximum absolute atomic E-state index is 10.6. The molecular formula is C14H17BrO2. The molecule has 1 aliphatic carbocycles. The first-order valence-electron chi connectivity index (χ1n) is 6.21. The minimum Gasteiger partial charge on any atom is -0.489 e. The van der Waals surface area contributed by atoms with Gasteiger partial charge in [0.05, 0.1) is 10.6 Å². The van der Waals surface area contributed by atoms with Crippen molar-refractivity contribution in [3.63, 3.8) is 0 Å². The number of ether oxygens (including phenoxy) is 1. The molecule has 1 fully saturated rings. The third-order valence-electron chi connectivity index (χ3n) is 3.19. The van der Waals surface area contributed by atoms with Crippen molar-refractivity contribution in [2.45, 2.75) is 44.6 Å². The van der Waals surface area contributed by atoms with Gasteiger partial charge in [0.1, 0.15) is 12.0 Å². The first kappa shape index (κ1) is 12.6. The molecule has 0 heterocycles. The first-order valence-corrected chi connectivity index (χ1v) is 7.00. The van der Waals surface area contributed by atoms with Gasteiger partial charge in [0.25, 0.3) is 0 Å². The molecule has 0 N–H and O–H groups in total. The molecule has 0 unspecified atom stereocenters. The first-order chi connectivity index (χ1) is 8.29. The predicted octanol–water partition coefficient (Wildman–Crippen LogP) is 4.36. The van der Waals surface area contributed by atoms with E-state index in [2.05, 4.69) is 15.9 Å². The van der Waals surface area contributed by atoms with E-state index >= 15 is 0 Å². The van der Waals surface area contributed by atoms with Crippen molar-refractivity contribution in [2.24, 2.45) is 0 Å². The summed E-state index contributed by atoms with van der Waals surface area (Å²) in [5.74, 6) is 0.850. The second-order valence-electron chi connectivity index (χ2n) is 4.54. The Bertz CT molecular complexity index is 382. The zero-order valence-electron chi connectivity index (χ0n) is 9.82. The lowest BCUT2D eigenvalue weighted by Gasteiger charge is -2.18. The Morgan fingerprint density at radius 1 is 1.18 bits per heavy atom. The molecule has 1 aromatic rings. The Balaban J connectivity index is 2.04. The lowest BCUT2D eigenvalue weighted by Crippen LogP contribution is -2.15. The van der Waals surface area contributed by atoms with E-state index in [-0.39, 0.29) is 0 Å². The van der Waals surface area contributed by atoms with Crippen LogP contribution in [-0.4, -0.2) is 12.4 Å². The molecule has 0 saturated heterocycles. The van der Waals surface area contributed by atoms with Gasteiger partial charge in [0, 0.05) is 5.56 Å². The van der Waals surface area contributed by atoms with Crippen LogP contribution in [0.15, 0.2) is 22.7 Å². The standard InChI is InChI=1S/C14H17BrO2/c15-13-9-11(10-16)7-8-14(13)17-12-5-3-1-2-4-6-12/h7-10,12H,1-6H2. The molecule has 0 aromatic heterocycles. The molecular weight excluding hydrogens is 280 g/mol. The average Bonchev–Trinajstić information content (AvgIpc) is 2.60. The van der Waals surface area contributed by atoms with E-state index in [0.717, 1.165) is 29.4 Å². The van der Waals surface area contributed by atoms with Crippen molar-refractivity contribution < 1.29 is 9.53 Å². The van der Waals surface area contributed by atoms with Crippen molar-refractivity contribution in [2.75, 3.05) is 0 Å². The highest BCUT2D eigenvalue weighted by molar-refractivity contribution is 9.10. The summed E-state index contributed by atoms with van der Waals surface area (Å²) in [6, 6.07) is 5.47. The molecule has 1 aliphatic rings. The number of hydrogen-bond donors (Lipinski definition) is 0. The monoisotopic (exact) mass is 296 g/mol. The van der Waals surface area contributed by atoms with Crippen molar-refractivity contribution >= 4 is 22.2 Å². The summed E-state index contributed by atoms with van der Waals surface area (Å²) in [5, 5.41) is 0. The van der Waals surface area contributed by atoms with Crippen LogP contribution in [-0.2, 0) is 0 Å². The normalized spacial score (nSPS) is 17.5. The van der Waals surface area contributed by atoms with E-state index in [0.29, 0.717) is 11.7 Å². The lowest BCUT2D eigenvalue weighted by atomic mass is 10.1. The van der Waals surface area contributed by atoms with Gasteiger partial charge in [-0.1, -0.05) is 12.8 Å². The van der Waals surface area contributed by atoms with E-state index in [9.17, 15) is 4.79 Å². The topological polar surface area (TPSA) is 26.3 Å². The minimum atomic E-state index is 0.330. The molecule has 0 amide bonds. The van der Waals surface area contributed by atoms with Crippen molar-refractivity contribution in [3.8, 4) is 5.75 Å². The summed E-state index contributed by atoms with van der Waals surface area (Å²) in [4.78, 5) is 10.6. The van der Waals surface area contributed by atoms with Crippen molar-refractivity contribution in [3.05, 3.63) is 28.2 Å². The van der Waals surface area contributed by atoms with Crippen LogP contribution < -0.4 is 4.74 Å². The van der Waals surface area contributed by atoms with Crippen LogP contribution in [0, 0.1) is 0 Å².